The molecule has 1 heterocycles. The Morgan fingerprint density at radius 2 is 2.10 bits per heavy atom. The van der Waals surface area contributed by atoms with Crippen molar-refractivity contribution >= 4 is 17.3 Å². The SMILES string of the molecule is CCNCc1cccc(Cl)c1N(C)CC1(O)CCOCC1. The molecule has 4 nitrogen and oxygen atoms in total. The lowest BCUT2D eigenvalue weighted by molar-refractivity contribution is -0.0572. The van der Waals surface area contributed by atoms with Gasteiger partial charge in [-0.1, -0.05) is 30.7 Å². The highest BCUT2D eigenvalue weighted by Gasteiger charge is 2.32. The van der Waals surface area contributed by atoms with Crippen LogP contribution in [-0.4, -0.2) is 44.1 Å². The zero-order valence-corrected chi connectivity index (χ0v) is 13.6. The Bertz CT molecular complexity index is 462. The molecule has 5 heteroatoms. The first-order valence-electron chi connectivity index (χ1n) is 7.55. The fraction of sp³-hybridized carbons (Fsp3) is 0.625. The predicted molar refractivity (Wildman–Crippen MR) is 87.1 cm³/mol. The second-order valence-corrected chi connectivity index (χ2v) is 6.13. The van der Waals surface area contributed by atoms with E-state index in [9.17, 15) is 5.11 Å². The Morgan fingerprint density at radius 3 is 2.76 bits per heavy atom. The maximum atomic E-state index is 10.7. The highest BCUT2D eigenvalue weighted by molar-refractivity contribution is 6.33. The number of nitrogens with one attached hydrogen (secondary N) is 1. The topological polar surface area (TPSA) is 44.7 Å². The molecule has 0 aliphatic carbocycles. The number of hydrogen-bond donors (Lipinski definition) is 2. The van der Waals surface area contributed by atoms with E-state index in [0.29, 0.717) is 32.6 Å². The summed E-state index contributed by atoms with van der Waals surface area (Å²) < 4.78 is 5.34. The molecule has 1 aromatic rings. The van der Waals surface area contributed by atoms with Crippen molar-refractivity contribution in [1.29, 1.82) is 0 Å². The van der Waals surface area contributed by atoms with E-state index in [1.807, 2.05) is 19.2 Å². The molecule has 0 aromatic heterocycles. The molecular formula is C16H25ClN2O2. The first-order chi connectivity index (χ1) is 10.1. The van der Waals surface area contributed by atoms with Gasteiger partial charge in [-0.25, -0.2) is 0 Å². The molecule has 2 rings (SSSR count). The molecule has 0 radical (unpaired) electrons. The molecular weight excluding hydrogens is 288 g/mol. The monoisotopic (exact) mass is 312 g/mol. The number of hydrogen-bond acceptors (Lipinski definition) is 4. The Morgan fingerprint density at radius 1 is 1.38 bits per heavy atom. The minimum Gasteiger partial charge on any atom is -0.388 e. The molecule has 1 aromatic carbocycles. The second-order valence-electron chi connectivity index (χ2n) is 5.72. The van der Waals surface area contributed by atoms with E-state index in [4.69, 9.17) is 16.3 Å². The van der Waals surface area contributed by atoms with Gasteiger partial charge in [-0.3, -0.25) is 0 Å². The highest BCUT2D eigenvalue weighted by Crippen LogP contribution is 2.32. The summed E-state index contributed by atoms with van der Waals surface area (Å²) in [6.07, 6.45) is 1.34. The first kappa shape index (κ1) is 16.6. The van der Waals surface area contributed by atoms with Crippen molar-refractivity contribution in [1.82, 2.24) is 5.32 Å². The quantitative estimate of drug-likeness (QED) is 0.847. The number of likely N-dealkylation sites (N-methyl/N-ethyl adjacent to an activating group) is 1. The summed E-state index contributed by atoms with van der Waals surface area (Å²) in [7, 11) is 1.99. The van der Waals surface area contributed by atoms with Gasteiger partial charge in [-0.15, -0.1) is 0 Å². The van der Waals surface area contributed by atoms with Gasteiger partial charge < -0.3 is 20.1 Å². The Kier molecular flexibility index (Phi) is 5.88. The summed E-state index contributed by atoms with van der Waals surface area (Å²) in [5.41, 5.74) is 1.46. The average Bonchev–Trinajstić information content (AvgIpc) is 2.45. The van der Waals surface area contributed by atoms with Crippen LogP contribution in [0.5, 0.6) is 0 Å². The molecule has 1 aliphatic rings. The number of benzene rings is 1. The summed E-state index contributed by atoms with van der Waals surface area (Å²) in [5, 5.41) is 14.7. The average molecular weight is 313 g/mol. The van der Waals surface area contributed by atoms with Gasteiger partial charge in [-0.2, -0.15) is 0 Å². The molecule has 0 spiro atoms. The number of nitrogens with zero attached hydrogens (tertiary/aromatic N) is 1. The number of para-hydroxylation sites is 1. The molecule has 21 heavy (non-hydrogen) atoms. The van der Waals surface area contributed by atoms with Crippen LogP contribution in [0.2, 0.25) is 5.02 Å². The largest absolute Gasteiger partial charge is 0.388 e. The van der Waals surface area contributed by atoms with Crippen molar-refractivity contribution in [3.8, 4) is 0 Å². The van der Waals surface area contributed by atoms with Crippen molar-refractivity contribution in [3.05, 3.63) is 28.8 Å². The van der Waals surface area contributed by atoms with Gasteiger partial charge in [0.25, 0.3) is 0 Å². The number of rotatable bonds is 6. The van der Waals surface area contributed by atoms with Crippen molar-refractivity contribution in [2.24, 2.45) is 0 Å². The van der Waals surface area contributed by atoms with Crippen molar-refractivity contribution in [3.63, 3.8) is 0 Å². The Balaban J connectivity index is 2.15. The fourth-order valence-corrected chi connectivity index (χ4v) is 3.16. The second kappa shape index (κ2) is 7.45. The van der Waals surface area contributed by atoms with Crippen molar-refractivity contribution < 1.29 is 9.84 Å². The van der Waals surface area contributed by atoms with Gasteiger partial charge in [0, 0.05) is 46.2 Å². The van der Waals surface area contributed by atoms with E-state index in [-0.39, 0.29) is 0 Å². The van der Waals surface area contributed by atoms with Gasteiger partial charge in [0.1, 0.15) is 0 Å². The summed E-state index contributed by atoms with van der Waals surface area (Å²) in [5.74, 6) is 0. The molecule has 1 saturated heterocycles. The summed E-state index contributed by atoms with van der Waals surface area (Å²) in [4.78, 5) is 2.07. The van der Waals surface area contributed by atoms with E-state index in [0.717, 1.165) is 29.4 Å². The minimum atomic E-state index is -0.693. The van der Waals surface area contributed by atoms with Gasteiger partial charge in [0.2, 0.25) is 0 Å². The van der Waals surface area contributed by atoms with Crippen LogP contribution in [0.25, 0.3) is 0 Å². The van der Waals surface area contributed by atoms with E-state index in [1.54, 1.807) is 0 Å². The molecule has 0 unspecified atom stereocenters. The van der Waals surface area contributed by atoms with Gasteiger partial charge in [0.15, 0.2) is 0 Å². The van der Waals surface area contributed by atoms with E-state index in [1.165, 1.54) is 0 Å². The van der Waals surface area contributed by atoms with E-state index < -0.39 is 5.60 Å². The molecule has 118 valence electrons. The van der Waals surface area contributed by atoms with Crippen LogP contribution in [0.1, 0.15) is 25.3 Å². The number of aliphatic hydroxyl groups is 1. The third kappa shape index (κ3) is 4.33. The lowest BCUT2D eigenvalue weighted by atomic mass is 9.93. The van der Waals surface area contributed by atoms with Gasteiger partial charge >= 0.3 is 0 Å². The molecule has 1 fully saturated rings. The molecule has 0 atom stereocenters. The number of ether oxygens (including phenoxy) is 1. The fourth-order valence-electron chi connectivity index (χ4n) is 2.82. The lowest BCUT2D eigenvalue weighted by Crippen LogP contribution is -2.46. The normalized spacial score (nSPS) is 17.7. The third-order valence-electron chi connectivity index (χ3n) is 3.97. The van der Waals surface area contributed by atoms with Crippen LogP contribution in [0.4, 0.5) is 5.69 Å². The maximum Gasteiger partial charge on any atom is 0.0865 e. The van der Waals surface area contributed by atoms with Crippen molar-refractivity contribution in [2.75, 3.05) is 38.3 Å². The molecule has 1 aliphatic heterocycles. The van der Waals surface area contributed by atoms with Crippen LogP contribution in [0.3, 0.4) is 0 Å². The summed E-state index contributed by atoms with van der Waals surface area (Å²) >= 11 is 6.39. The predicted octanol–water partition coefficient (Wildman–Crippen LogP) is 2.43. The molecule has 0 saturated carbocycles. The van der Waals surface area contributed by atoms with Gasteiger partial charge in [0.05, 0.1) is 16.3 Å². The molecule has 0 amide bonds. The van der Waals surface area contributed by atoms with Crippen LogP contribution < -0.4 is 10.2 Å². The van der Waals surface area contributed by atoms with Crippen LogP contribution in [-0.2, 0) is 11.3 Å². The number of anilines is 1. The zero-order valence-electron chi connectivity index (χ0n) is 12.9. The van der Waals surface area contributed by atoms with Crippen LogP contribution in [0.15, 0.2) is 18.2 Å². The summed E-state index contributed by atoms with van der Waals surface area (Å²) in [6.45, 7) is 5.58. The maximum absolute atomic E-state index is 10.7. The molecule has 2 N–H and O–H groups in total. The zero-order chi connectivity index (χ0) is 15.3. The third-order valence-corrected chi connectivity index (χ3v) is 4.28. The minimum absolute atomic E-state index is 0.569. The van der Waals surface area contributed by atoms with Gasteiger partial charge in [-0.05, 0) is 18.2 Å². The van der Waals surface area contributed by atoms with Crippen LogP contribution in [0, 0.1) is 0 Å². The first-order valence-corrected chi connectivity index (χ1v) is 7.93. The Labute approximate surface area is 132 Å². The highest BCUT2D eigenvalue weighted by atomic mass is 35.5. The number of halogens is 1. The standard InChI is InChI=1S/C16H25ClN2O2/c1-3-18-11-13-5-4-6-14(17)15(13)19(2)12-16(20)7-9-21-10-8-16/h4-6,18,20H,3,7-12H2,1-2H3. The summed E-state index contributed by atoms with van der Waals surface area (Å²) in [6, 6.07) is 5.95. The smallest absolute Gasteiger partial charge is 0.0865 e. The molecule has 0 bridgehead atoms. The lowest BCUT2D eigenvalue weighted by Gasteiger charge is -2.37. The van der Waals surface area contributed by atoms with E-state index >= 15 is 0 Å². The Hall–Kier alpha value is -0.810. The van der Waals surface area contributed by atoms with Crippen LogP contribution >= 0.6 is 11.6 Å². The van der Waals surface area contributed by atoms with E-state index in [2.05, 4.69) is 23.2 Å². The van der Waals surface area contributed by atoms with Crippen molar-refractivity contribution in [2.45, 2.75) is 31.9 Å².